The minimum Gasteiger partial charge on any atom is -0.377 e. The van der Waals surface area contributed by atoms with Gasteiger partial charge in [0.2, 0.25) is 0 Å². The molecule has 2 unspecified atom stereocenters. The first kappa shape index (κ1) is 15.7. The third kappa shape index (κ3) is 7.66. The Morgan fingerprint density at radius 3 is 2.47 bits per heavy atom. The number of unbranched alkanes of at least 4 members (excludes halogenated alkanes) is 5. The number of hydrogen-bond donors (Lipinski definition) is 0. The van der Waals surface area contributed by atoms with E-state index in [0.717, 1.165) is 10.5 Å². The third-order valence-corrected chi connectivity index (χ3v) is 5.13. The molecule has 0 amide bonds. The van der Waals surface area contributed by atoms with Gasteiger partial charge in [-0.2, -0.15) is 0 Å². The number of rotatable bonds is 8. The van der Waals surface area contributed by atoms with Crippen LogP contribution in [0.1, 0.15) is 77.6 Å². The molecule has 2 atom stereocenters. The lowest BCUT2D eigenvalue weighted by Gasteiger charge is -2.20. The molecule has 0 bridgehead atoms. The molecule has 0 N–H and O–H groups in total. The molecule has 1 aliphatic carbocycles. The number of hydrogen-bond acceptors (Lipinski definition) is 1. The van der Waals surface area contributed by atoms with Crippen LogP contribution in [0.3, 0.4) is 0 Å². The van der Waals surface area contributed by atoms with Crippen LogP contribution in [-0.2, 0) is 4.74 Å². The molecule has 0 aromatic heterocycles. The number of halogens is 1. The van der Waals surface area contributed by atoms with Crippen LogP contribution in [0.2, 0.25) is 0 Å². The summed E-state index contributed by atoms with van der Waals surface area (Å²) in [6.07, 6.45) is 15.6. The maximum absolute atomic E-state index is 6.07. The zero-order chi connectivity index (χ0) is 12.3. The molecule has 2 heteroatoms. The summed E-state index contributed by atoms with van der Waals surface area (Å²) in [6, 6.07) is 0. The standard InChI is InChI=1S/C15H29IO/c1-2-3-4-5-6-10-13-17-15-12-9-7-8-11-14(15)16/h14-15H,2-13H2,1H3. The molecular weight excluding hydrogens is 323 g/mol. The molecule has 0 aromatic carbocycles. The van der Waals surface area contributed by atoms with Gasteiger partial charge in [0.05, 0.1) is 6.10 Å². The van der Waals surface area contributed by atoms with Crippen molar-refractivity contribution in [2.75, 3.05) is 6.61 Å². The highest BCUT2D eigenvalue weighted by Gasteiger charge is 2.21. The predicted octanol–water partition coefficient (Wildman–Crippen LogP) is 5.50. The number of alkyl halides is 1. The predicted molar refractivity (Wildman–Crippen MR) is 84.0 cm³/mol. The SMILES string of the molecule is CCCCCCCCOC1CCCCCC1I. The molecule has 1 saturated carbocycles. The molecule has 1 rings (SSSR count). The Balaban J connectivity index is 1.97. The minimum atomic E-state index is 0.550. The molecule has 0 spiro atoms. The highest BCUT2D eigenvalue weighted by Crippen LogP contribution is 2.26. The molecule has 0 saturated heterocycles. The summed E-state index contributed by atoms with van der Waals surface area (Å²) in [5, 5.41) is 0. The van der Waals surface area contributed by atoms with Crippen molar-refractivity contribution in [3.8, 4) is 0 Å². The second-order valence-corrected chi connectivity index (χ2v) is 6.93. The van der Waals surface area contributed by atoms with E-state index in [0.29, 0.717) is 6.10 Å². The van der Waals surface area contributed by atoms with Gasteiger partial charge in [-0.1, -0.05) is 80.9 Å². The summed E-state index contributed by atoms with van der Waals surface area (Å²) in [7, 11) is 0. The molecule has 1 fully saturated rings. The fourth-order valence-electron chi connectivity index (χ4n) is 2.53. The van der Waals surface area contributed by atoms with Gasteiger partial charge in [-0.15, -0.1) is 0 Å². The van der Waals surface area contributed by atoms with Crippen LogP contribution in [0.25, 0.3) is 0 Å². The van der Waals surface area contributed by atoms with E-state index in [1.165, 1.54) is 70.6 Å². The van der Waals surface area contributed by atoms with Gasteiger partial charge in [0.25, 0.3) is 0 Å². The Morgan fingerprint density at radius 2 is 1.65 bits per heavy atom. The summed E-state index contributed by atoms with van der Waals surface area (Å²) in [6.45, 7) is 3.27. The summed E-state index contributed by atoms with van der Waals surface area (Å²) in [5.74, 6) is 0. The van der Waals surface area contributed by atoms with Crippen molar-refractivity contribution >= 4 is 22.6 Å². The lowest BCUT2D eigenvalue weighted by Crippen LogP contribution is -2.23. The van der Waals surface area contributed by atoms with Crippen molar-refractivity contribution in [3.63, 3.8) is 0 Å². The molecule has 0 radical (unpaired) electrons. The largest absolute Gasteiger partial charge is 0.377 e. The van der Waals surface area contributed by atoms with E-state index in [1.54, 1.807) is 0 Å². The summed E-state index contributed by atoms with van der Waals surface area (Å²) in [4.78, 5) is 0. The van der Waals surface area contributed by atoms with Crippen LogP contribution >= 0.6 is 22.6 Å². The monoisotopic (exact) mass is 352 g/mol. The van der Waals surface area contributed by atoms with Crippen molar-refractivity contribution in [3.05, 3.63) is 0 Å². The normalized spacial score (nSPS) is 25.8. The molecule has 0 aliphatic heterocycles. The van der Waals surface area contributed by atoms with Crippen LogP contribution in [0, 0.1) is 0 Å². The van der Waals surface area contributed by atoms with Crippen molar-refractivity contribution in [1.29, 1.82) is 0 Å². The Labute approximate surface area is 121 Å². The van der Waals surface area contributed by atoms with E-state index in [9.17, 15) is 0 Å². The maximum Gasteiger partial charge on any atom is 0.0692 e. The smallest absolute Gasteiger partial charge is 0.0692 e. The average Bonchev–Trinajstić information content (AvgIpc) is 2.53. The van der Waals surface area contributed by atoms with Crippen molar-refractivity contribution in [1.82, 2.24) is 0 Å². The van der Waals surface area contributed by atoms with Gasteiger partial charge in [-0.25, -0.2) is 0 Å². The summed E-state index contributed by atoms with van der Waals surface area (Å²) in [5.41, 5.74) is 0. The first-order valence-electron chi connectivity index (χ1n) is 7.60. The average molecular weight is 352 g/mol. The topological polar surface area (TPSA) is 9.23 Å². The highest BCUT2D eigenvalue weighted by molar-refractivity contribution is 14.1. The Hall–Kier alpha value is 0.690. The van der Waals surface area contributed by atoms with Gasteiger partial charge in [0, 0.05) is 10.5 Å². The van der Waals surface area contributed by atoms with Gasteiger partial charge in [-0.05, 0) is 19.3 Å². The van der Waals surface area contributed by atoms with E-state index in [4.69, 9.17) is 4.74 Å². The molecule has 102 valence electrons. The second-order valence-electron chi connectivity index (χ2n) is 5.33. The quantitative estimate of drug-likeness (QED) is 0.243. The number of ether oxygens (including phenoxy) is 1. The lowest BCUT2D eigenvalue weighted by atomic mass is 10.1. The van der Waals surface area contributed by atoms with Crippen LogP contribution in [0.5, 0.6) is 0 Å². The molecule has 17 heavy (non-hydrogen) atoms. The Morgan fingerprint density at radius 1 is 0.941 bits per heavy atom. The summed E-state index contributed by atoms with van der Waals surface area (Å²) < 4.78 is 6.83. The van der Waals surface area contributed by atoms with Crippen LogP contribution < -0.4 is 0 Å². The Bertz CT molecular complexity index is 172. The van der Waals surface area contributed by atoms with Crippen LogP contribution in [0.15, 0.2) is 0 Å². The van der Waals surface area contributed by atoms with Gasteiger partial charge >= 0.3 is 0 Å². The molecule has 0 heterocycles. The van der Waals surface area contributed by atoms with Crippen molar-refractivity contribution < 1.29 is 4.74 Å². The first-order valence-corrected chi connectivity index (χ1v) is 8.85. The molecule has 0 aromatic rings. The van der Waals surface area contributed by atoms with Crippen molar-refractivity contribution in [2.45, 2.75) is 87.6 Å². The highest BCUT2D eigenvalue weighted by atomic mass is 127. The van der Waals surface area contributed by atoms with E-state index in [2.05, 4.69) is 29.5 Å². The third-order valence-electron chi connectivity index (χ3n) is 3.70. The van der Waals surface area contributed by atoms with E-state index < -0.39 is 0 Å². The molecule has 1 aliphatic rings. The fourth-order valence-corrected chi connectivity index (χ4v) is 3.54. The lowest BCUT2D eigenvalue weighted by molar-refractivity contribution is 0.0475. The van der Waals surface area contributed by atoms with Gasteiger partial charge in [-0.3, -0.25) is 0 Å². The summed E-state index contributed by atoms with van der Waals surface area (Å²) >= 11 is 2.60. The van der Waals surface area contributed by atoms with E-state index >= 15 is 0 Å². The van der Waals surface area contributed by atoms with E-state index in [1.807, 2.05) is 0 Å². The maximum atomic E-state index is 6.07. The van der Waals surface area contributed by atoms with Crippen molar-refractivity contribution in [2.24, 2.45) is 0 Å². The van der Waals surface area contributed by atoms with Crippen LogP contribution in [-0.4, -0.2) is 16.6 Å². The van der Waals surface area contributed by atoms with Gasteiger partial charge in [0.1, 0.15) is 0 Å². The molecular formula is C15H29IO. The van der Waals surface area contributed by atoms with Crippen LogP contribution in [0.4, 0.5) is 0 Å². The minimum absolute atomic E-state index is 0.550. The zero-order valence-corrected chi connectivity index (χ0v) is 13.6. The Kier molecular flexibility index (Phi) is 9.82. The second kappa shape index (κ2) is 10.6. The van der Waals surface area contributed by atoms with E-state index in [-0.39, 0.29) is 0 Å². The fraction of sp³-hybridized carbons (Fsp3) is 1.00. The molecule has 1 nitrogen and oxygen atoms in total. The zero-order valence-electron chi connectivity index (χ0n) is 11.4. The van der Waals surface area contributed by atoms with Gasteiger partial charge < -0.3 is 4.74 Å². The first-order chi connectivity index (χ1) is 8.34. The van der Waals surface area contributed by atoms with Gasteiger partial charge in [0.15, 0.2) is 0 Å².